The van der Waals surface area contributed by atoms with Gasteiger partial charge in [-0.3, -0.25) is 4.79 Å². The lowest BCUT2D eigenvalue weighted by atomic mass is 10.2. The van der Waals surface area contributed by atoms with E-state index in [1.54, 1.807) is 11.3 Å². The number of halogens is 2. The summed E-state index contributed by atoms with van der Waals surface area (Å²) in [6, 6.07) is 8.05. The van der Waals surface area contributed by atoms with Gasteiger partial charge in [0.2, 0.25) is 0 Å². The Labute approximate surface area is 155 Å². The third kappa shape index (κ3) is 5.51. The number of ether oxygens (including phenoxy) is 1. The molecule has 1 fully saturated rings. The third-order valence-corrected chi connectivity index (χ3v) is 5.35. The maximum atomic E-state index is 13.1. The smallest absolute Gasteiger partial charge is 0.279 e. The molecule has 1 amide bonds. The van der Waals surface area contributed by atoms with Crippen molar-refractivity contribution in [2.75, 3.05) is 25.0 Å². The first-order chi connectivity index (χ1) is 12.1. The number of quaternary nitrogens is 1. The number of carbonyl (C=O) groups is 1. The lowest BCUT2D eigenvalue weighted by Crippen LogP contribution is -3.12. The summed E-state index contributed by atoms with van der Waals surface area (Å²) in [4.78, 5) is 14.8. The van der Waals surface area contributed by atoms with Crippen LogP contribution in [0.25, 0.3) is 0 Å². The Bertz CT molecular complexity index is 705. The number of anilines is 1. The van der Waals surface area contributed by atoms with Crippen molar-refractivity contribution in [3.05, 3.63) is 51.4 Å². The molecule has 7 heteroatoms. The summed E-state index contributed by atoms with van der Waals surface area (Å²) in [5, 5.41) is 5.02. The fourth-order valence-corrected chi connectivity index (χ4v) is 4.00. The molecule has 2 N–H and O–H groups in total. The Kier molecular flexibility index (Phi) is 6.42. The number of hydrogen-bond acceptors (Lipinski definition) is 3. The molecule has 0 aliphatic carbocycles. The molecule has 4 nitrogen and oxygen atoms in total. The number of thiophene rings is 1. The van der Waals surface area contributed by atoms with Crippen molar-refractivity contribution in [2.45, 2.75) is 25.5 Å². The molecule has 1 aromatic heterocycles. The van der Waals surface area contributed by atoms with Crippen LogP contribution in [-0.2, 0) is 16.1 Å². The molecular formula is C18H21ClFN2O2S+. The molecule has 2 heterocycles. The normalized spacial score (nSPS) is 18.2. The minimum atomic E-state index is -0.425. The zero-order chi connectivity index (χ0) is 17.6. The van der Waals surface area contributed by atoms with Gasteiger partial charge in [-0.15, -0.1) is 11.3 Å². The number of nitrogens with one attached hydrogen (secondary N) is 2. The summed E-state index contributed by atoms with van der Waals surface area (Å²) in [6.45, 7) is 2.68. The van der Waals surface area contributed by atoms with Crippen molar-refractivity contribution in [1.29, 1.82) is 0 Å². The molecule has 25 heavy (non-hydrogen) atoms. The van der Waals surface area contributed by atoms with Gasteiger partial charge in [-0.05, 0) is 42.5 Å². The molecular weight excluding hydrogens is 363 g/mol. The van der Waals surface area contributed by atoms with E-state index in [4.69, 9.17) is 16.3 Å². The number of hydrogen-bond donors (Lipinski definition) is 2. The Hall–Kier alpha value is -1.47. The van der Waals surface area contributed by atoms with Crippen molar-refractivity contribution in [1.82, 2.24) is 0 Å². The molecule has 0 saturated carbocycles. The predicted octanol–water partition coefficient (Wildman–Crippen LogP) is 2.74. The van der Waals surface area contributed by atoms with Crippen LogP contribution >= 0.6 is 22.9 Å². The summed E-state index contributed by atoms with van der Waals surface area (Å²) < 4.78 is 18.8. The van der Waals surface area contributed by atoms with Crippen LogP contribution in [0.5, 0.6) is 0 Å². The standard InChI is InChI=1S/C18H20ClFN2O2S/c19-16-9-13(20)5-6-17(16)21-18(23)12-22(10-14-3-1-7-24-14)11-15-4-2-8-25-15/h2,4-6,8-9,14H,1,3,7,10-12H2,(H,21,23)/p+1/t14-/m0/s1. The van der Waals surface area contributed by atoms with E-state index in [0.29, 0.717) is 12.2 Å². The quantitative estimate of drug-likeness (QED) is 0.772. The first-order valence-corrected chi connectivity index (χ1v) is 9.58. The van der Waals surface area contributed by atoms with Crippen LogP contribution in [0.2, 0.25) is 5.02 Å². The van der Waals surface area contributed by atoms with Gasteiger partial charge in [-0.1, -0.05) is 17.7 Å². The minimum Gasteiger partial charge on any atom is -0.372 e. The van der Waals surface area contributed by atoms with Crippen LogP contribution < -0.4 is 10.2 Å². The summed E-state index contributed by atoms with van der Waals surface area (Å²) in [7, 11) is 0. The molecule has 2 aromatic rings. The van der Waals surface area contributed by atoms with Gasteiger partial charge in [0.15, 0.2) is 6.54 Å². The summed E-state index contributed by atoms with van der Waals surface area (Å²) in [5.41, 5.74) is 0.431. The maximum Gasteiger partial charge on any atom is 0.279 e. The van der Waals surface area contributed by atoms with Gasteiger partial charge in [-0.25, -0.2) is 4.39 Å². The van der Waals surface area contributed by atoms with E-state index in [1.807, 2.05) is 11.4 Å². The van der Waals surface area contributed by atoms with Crippen molar-refractivity contribution in [3.63, 3.8) is 0 Å². The molecule has 3 rings (SSSR count). The Morgan fingerprint density at radius 2 is 2.32 bits per heavy atom. The molecule has 0 radical (unpaired) electrons. The van der Waals surface area contributed by atoms with Crippen molar-refractivity contribution >= 4 is 34.5 Å². The van der Waals surface area contributed by atoms with E-state index < -0.39 is 5.82 Å². The highest BCUT2D eigenvalue weighted by atomic mass is 35.5. The van der Waals surface area contributed by atoms with Crippen molar-refractivity contribution in [2.24, 2.45) is 0 Å². The largest absolute Gasteiger partial charge is 0.372 e. The first kappa shape index (κ1) is 18.3. The second-order valence-corrected chi connectivity index (χ2v) is 7.63. The van der Waals surface area contributed by atoms with Crippen molar-refractivity contribution in [3.8, 4) is 0 Å². The zero-order valence-electron chi connectivity index (χ0n) is 13.8. The molecule has 1 aromatic carbocycles. The SMILES string of the molecule is O=C(C[NH+](Cc1cccs1)C[C@@H]1CCCO1)Nc1ccc(F)cc1Cl. The molecule has 1 aliphatic rings. The van der Waals surface area contributed by atoms with Crippen LogP contribution in [-0.4, -0.2) is 31.7 Å². The second kappa shape index (κ2) is 8.76. The van der Waals surface area contributed by atoms with Crippen molar-refractivity contribution < 1.29 is 18.8 Å². The van der Waals surface area contributed by atoms with E-state index in [2.05, 4.69) is 11.4 Å². The average molecular weight is 384 g/mol. The molecule has 2 atom stereocenters. The summed E-state index contributed by atoms with van der Waals surface area (Å²) >= 11 is 7.67. The van der Waals surface area contributed by atoms with Crippen LogP contribution in [0.4, 0.5) is 10.1 Å². The van der Waals surface area contributed by atoms with Crippen LogP contribution in [0, 0.1) is 5.82 Å². The zero-order valence-corrected chi connectivity index (χ0v) is 15.3. The Balaban J connectivity index is 1.62. The number of rotatable bonds is 7. The Morgan fingerprint density at radius 1 is 1.44 bits per heavy atom. The summed E-state index contributed by atoms with van der Waals surface area (Å²) in [5.74, 6) is -0.565. The van der Waals surface area contributed by atoms with Crippen LogP contribution in [0.1, 0.15) is 17.7 Å². The lowest BCUT2D eigenvalue weighted by Gasteiger charge is -2.21. The van der Waals surface area contributed by atoms with Gasteiger partial charge in [0, 0.05) is 6.61 Å². The molecule has 1 saturated heterocycles. The highest BCUT2D eigenvalue weighted by Gasteiger charge is 2.24. The number of benzene rings is 1. The van der Waals surface area contributed by atoms with E-state index in [0.717, 1.165) is 37.4 Å². The molecule has 0 bridgehead atoms. The first-order valence-electron chi connectivity index (χ1n) is 8.32. The average Bonchev–Trinajstić information content (AvgIpc) is 3.24. The molecule has 134 valence electrons. The second-order valence-electron chi connectivity index (χ2n) is 6.19. The topological polar surface area (TPSA) is 42.8 Å². The van der Waals surface area contributed by atoms with Gasteiger partial charge in [0.1, 0.15) is 25.0 Å². The van der Waals surface area contributed by atoms with E-state index in [9.17, 15) is 9.18 Å². The van der Waals surface area contributed by atoms with E-state index >= 15 is 0 Å². The van der Waals surface area contributed by atoms with Gasteiger partial charge in [-0.2, -0.15) is 0 Å². The molecule has 1 aliphatic heterocycles. The van der Waals surface area contributed by atoms with Gasteiger partial charge in [0.05, 0.1) is 15.6 Å². The fourth-order valence-electron chi connectivity index (χ4n) is 3.01. The predicted molar refractivity (Wildman–Crippen MR) is 97.7 cm³/mol. The monoisotopic (exact) mass is 383 g/mol. The van der Waals surface area contributed by atoms with Crippen LogP contribution in [0.15, 0.2) is 35.7 Å². The number of amides is 1. The fraction of sp³-hybridized carbons (Fsp3) is 0.389. The Morgan fingerprint density at radius 3 is 3.00 bits per heavy atom. The molecule has 1 unspecified atom stereocenters. The third-order valence-electron chi connectivity index (χ3n) is 4.16. The molecule has 0 spiro atoms. The van der Waals surface area contributed by atoms with E-state index in [1.165, 1.54) is 23.1 Å². The summed E-state index contributed by atoms with van der Waals surface area (Å²) in [6.07, 6.45) is 2.32. The van der Waals surface area contributed by atoms with Gasteiger partial charge < -0.3 is 15.0 Å². The van der Waals surface area contributed by atoms with Gasteiger partial charge in [0.25, 0.3) is 5.91 Å². The van der Waals surface area contributed by atoms with Crippen LogP contribution in [0.3, 0.4) is 0 Å². The minimum absolute atomic E-state index is 0.141. The maximum absolute atomic E-state index is 13.1. The number of carbonyl (C=O) groups excluding carboxylic acids is 1. The lowest BCUT2D eigenvalue weighted by molar-refractivity contribution is -0.908. The van der Waals surface area contributed by atoms with Gasteiger partial charge >= 0.3 is 0 Å². The highest BCUT2D eigenvalue weighted by Crippen LogP contribution is 2.22. The highest BCUT2D eigenvalue weighted by molar-refractivity contribution is 7.09. The van der Waals surface area contributed by atoms with E-state index in [-0.39, 0.29) is 17.0 Å².